The molecule has 5 aliphatic heterocycles. The van der Waals surface area contributed by atoms with Crippen molar-refractivity contribution in [1.82, 2.24) is 0 Å². The highest BCUT2D eigenvalue weighted by atomic mass is 16.6. The predicted molar refractivity (Wildman–Crippen MR) is 211 cm³/mol. The second-order valence-electron chi connectivity index (χ2n) is 16.3. The van der Waals surface area contributed by atoms with Crippen molar-refractivity contribution in [2.75, 3.05) is 6.61 Å². The SMILES string of the molecule is CC1(C)c2c(O)c(O)c(O)c3c2COC1C1OCc2c(c(O)c(O)c(O)c2-3)-c2c(cc(O)c(O)c2O)COC2COCc3cc(O)c(O)c(O)c3-c3c(cc(O)c(O)c3O)COC21. The van der Waals surface area contributed by atoms with E-state index >= 15 is 0 Å². The van der Waals surface area contributed by atoms with Gasteiger partial charge in [-0.1, -0.05) is 13.8 Å². The van der Waals surface area contributed by atoms with Crippen LogP contribution in [-0.2, 0) is 62.1 Å². The molecule has 10 rings (SSSR count). The third-order valence-corrected chi connectivity index (χ3v) is 12.4. The van der Waals surface area contributed by atoms with Gasteiger partial charge in [0, 0.05) is 49.9 Å². The van der Waals surface area contributed by atoms with E-state index in [0.717, 1.165) is 18.2 Å². The summed E-state index contributed by atoms with van der Waals surface area (Å²) in [5, 5.41) is 167. The molecular formula is C43H40O20. The highest BCUT2D eigenvalue weighted by Gasteiger charge is 2.52. The summed E-state index contributed by atoms with van der Waals surface area (Å²) in [6.45, 7) is -0.264. The van der Waals surface area contributed by atoms with Crippen LogP contribution in [0.4, 0.5) is 0 Å². The molecule has 6 bridgehead atoms. The maximum atomic E-state index is 11.7. The van der Waals surface area contributed by atoms with Crippen LogP contribution in [0.1, 0.15) is 47.2 Å². The fourth-order valence-electron chi connectivity index (χ4n) is 9.46. The van der Waals surface area contributed by atoms with E-state index in [0.29, 0.717) is 0 Å². The molecule has 5 aromatic rings. The monoisotopic (exact) mass is 876 g/mol. The molecule has 5 heterocycles. The zero-order valence-corrected chi connectivity index (χ0v) is 33.0. The molecule has 0 aliphatic carbocycles. The van der Waals surface area contributed by atoms with E-state index < -0.39 is 172 Å². The first-order valence-electron chi connectivity index (χ1n) is 19.2. The second kappa shape index (κ2) is 14.2. The van der Waals surface area contributed by atoms with E-state index in [-0.39, 0.29) is 50.1 Å². The molecule has 0 amide bonds. The minimum Gasteiger partial charge on any atom is -0.504 e. The van der Waals surface area contributed by atoms with Crippen molar-refractivity contribution in [2.45, 2.75) is 76.7 Å². The molecule has 4 atom stereocenters. The van der Waals surface area contributed by atoms with Crippen LogP contribution in [0.2, 0.25) is 0 Å². The van der Waals surface area contributed by atoms with Crippen LogP contribution in [0.5, 0.6) is 86.2 Å². The van der Waals surface area contributed by atoms with Gasteiger partial charge >= 0.3 is 0 Å². The highest BCUT2D eigenvalue weighted by Crippen LogP contribution is 2.63. The van der Waals surface area contributed by atoms with E-state index in [4.69, 9.17) is 23.7 Å². The van der Waals surface area contributed by atoms with Gasteiger partial charge in [0.1, 0.15) is 18.3 Å². The summed E-state index contributed by atoms with van der Waals surface area (Å²) in [5.74, 6) is -14.6. The molecule has 15 N–H and O–H groups in total. The standard InChI is InChI=1S/C43H40O20/c1-43(2)27-16-10-63-42(43)41-40-20(11-59-6-12-3-17(44)28(47)31(50)21(12)22-14(8-61-40)5-19(46)29(48)32(22)51)60-7-13-4-18(45)30(49)33(52)23(13)24-15(9-62-41)25(35(54)38(57)34(24)53)26(16)36(55)39(58)37(27)56/h3-5,20,40-42,44-58H,6-11H2,1-2H3. The lowest BCUT2D eigenvalue weighted by atomic mass is 9.69. The van der Waals surface area contributed by atoms with E-state index in [1.807, 2.05) is 0 Å². The first-order valence-corrected chi connectivity index (χ1v) is 19.2. The Bertz CT molecular complexity index is 2800. The van der Waals surface area contributed by atoms with Gasteiger partial charge < -0.3 is 100 Å². The first-order chi connectivity index (χ1) is 29.8. The van der Waals surface area contributed by atoms with Crippen LogP contribution in [-0.4, -0.2) is 108 Å². The zero-order chi connectivity index (χ0) is 45.3. The molecule has 332 valence electrons. The van der Waals surface area contributed by atoms with Gasteiger partial charge in [-0.25, -0.2) is 0 Å². The van der Waals surface area contributed by atoms with Crippen molar-refractivity contribution < 1.29 is 100 Å². The van der Waals surface area contributed by atoms with Gasteiger partial charge in [0.25, 0.3) is 0 Å². The number of rotatable bonds is 0. The summed E-state index contributed by atoms with van der Waals surface area (Å²) in [7, 11) is 0. The second-order valence-corrected chi connectivity index (χ2v) is 16.3. The summed E-state index contributed by atoms with van der Waals surface area (Å²) in [5.41, 5.74) is -4.58. The number of phenolic OH excluding ortho intramolecular Hbond substituents is 15. The largest absolute Gasteiger partial charge is 0.504 e. The normalized spacial score (nSPS) is 21.2. The number of aromatic hydroxyl groups is 15. The highest BCUT2D eigenvalue weighted by molar-refractivity contribution is 5.97. The fraction of sp³-hybridized carbons (Fsp3) is 0.302. The molecule has 0 fully saturated rings. The van der Waals surface area contributed by atoms with E-state index in [1.54, 1.807) is 13.8 Å². The quantitative estimate of drug-likeness (QED) is 0.0961. The minimum absolute atomic E-state index is 0.00779. The van der Waals surface area contributed by atoms with Crippen LogP contribution in [0.3, 0.4) is 0 Å². The van der Waals surface area contributed by atoms with Gasteiger partial charge in [-0.15, -0.1) is 0 Å². The average molecular weight is 877 g/mol. The number of hydrogen-bond acceptors (Lipinski definition) is 20. The molecule has 0 saturated heterocycles. The third-order valence-electron chi connectivity index (χ3n) is 12.4. The Balaban J connectivity index is 1.36. The molecule has 0 radical (unpaired) electrons. The fourth-order valence-corrected chi connectivity index (χ4v) is 9.46. The Morgan fingerprint density at radius 3 is 1.33 bits per heavy atom. The van der Waals surface area contributed by atoms with Crippen molar-refractivity contribution in [1.29, 1.82) is 0 Å². The topological polar surface area (TPSA) is 350 Å². The van der Waals surface area contributed by atoms with Crippen molar-refractivity contribution >= 4 is 0 Å². The average Bonchev–Trinajstić information content (AvgIpc) is 3.28. The van der Waals surface area contributed by atoms with E-state index in [2.05, 4.69) is 0 Å². The first kappa shape index (κ1) is 41.3. The van der Waals surface area contributed by atoms with Crippen molar-refractivity contribution in [3.63, 3.8) is 0 Å². The summed E-state index contributed by atoms with van der Waals surface area (Å²) < 4.78 is 32.5. The lowest BCUT2D eigenvalue weighted by molar-refractivity contribution is -0.213. The van der Waals surface area contributed by atoms with Gasteiger partial charge in [-0.2, -0.15) is 0 Å². The molecule has 0 saturated carbocycles. The molecule has 20 heteroatoms. The Morgan fingerprint density at radius 2 is 0.794 bits per heavy atom. The third kappa shape index (κ3) is 5.79. The maximum absolute atomic E-state index is 11.7. The number of ether oxygens (including phenoxy) is 5. The molecule has 4 unspecified atom stereocenters. The lowest BCUT2D eigenvalue weighted by Crippen LogP contribution is -2.57. The number of fused-ring (bicyclic) bond motifs is 7. The van der Waals surface area contributed by atoms with Crippen molar-refractivity contribution in [2.24, 2.45) is 0 Å². The molecule has 63 heavy (non-hydrogen) atoms. The van der Waals surface area contributed by atoms with Crippen LogP contribution in [0.15, 0.2) is 18.2 Å². The Labute approximate surface area is 354 Å². The zero-order valence-electron chi connectivity index (χ0n) is 33.0. The van der Waals surface area contributed by atoms with Gasteiger partial charge in [0.05, 0.1) is 45.7 Å². The molecule has 5 aromatic carbocycles. The van der Waals surface area contributed by atoms with Gasteiger partial charge in [-0.05, 0) is 40.5 Å². The van der Waals surface area contributed by atoms with Crippen LogP contribution < -0.4 is 0 Å². The Morgan fingerprint density at radius 1 is 0.397 bits per heavy atom. The molecular weight excluding hydrogens is 836 g/mol. The van der Waals surface area contributed by atoms with Crippen LogP contribution >= 0.6 is 0 Å². The summed E-state index contributed by atoms with van der Waals surface area (Å²) in [6, 6.07) is 3.02. The minimum atomic E-state index is -1.46. The van der Waals surface area contributed by atoms with E-state index in [9.17, 15) is 76.6 Å². The molecule has 0 spiro atoms. The molecule has 20 nitrogen and oxygen atoms in total. The lowest BCUT2D eigenvalue weighted by Gasteiger charge is -2.48. The van der Waals surface area contributed by atoms with Crippen molar-refractivity contribution in [3.05, 3.63) is 51.6 Å². The smallest absolute Gasteiger partial charge is 0.201 e. The van der Waals surface area contributed by atoms with Gasteiger partial charge in [0.2, 0.25) is 28.7 Å². The van der Waals surface area contributed by atoms with Crippen molar-refractivity contribution in [3.8, 4) is 120 Å². The molecule has 5 aliphatic rings. The Hall–Kier alpha value is -7.10. The van der Waals surface area contributed by atoms with E-state index in [1.165, 1.54) is 0 Å². The van der Waals surface area contributed by atoms with Crippen LogP contribution in [0, 0.1) is 0 Å². The number of benzene rings is 5. The summed E-state index contributed by atoms with van der Waals surface area (Å²) >= 11 is 0. The number of hydrogen-bond donors (Lipinski definition) is 15. The van der Waals surface area contributed by atoms with Gasteiger partial charge in [0.15, 0.2) is 57.5 Å². The number of phenols is 15. The molecule has 0 aromatic heterocycles. The summed E-state index contributed by atoms with van der Waals surface area (Å²) in [4.78, 5) is 0. The van der Waals surface area contributed by atoms with Gasteiger partial charge in [-0.3, -0.25) is 0 Å². The summed E-state index contributed by atoms with van der Waals surface area (Å²) in [6.07, 6.45) is -5.50. The maximum Gasteiger partial charge on any atom is 0.201 e. The predicted octanol–water partition coefficient (Wildman–Crippen LogP) is 4.36. The Kier molecular flexibility index (Phi) is 9.31. The van der Waals surface area contributed by atoms with Crippen LogP contribution in [0.25, 0.3) is 33.4 Å².